The SMILES string of the molecule is CC[N+](CC)(CC)CCCNS(=O)(=O)c1cc(F)c(CSc2ncc(C(C)(C)c3ccc(F)c(OC)c3)n2-c2ccc(F)cc2)c(Cl)c1. The Balaban J connectivity index is 1.59. The van der Waals surface area contributed by atoms with Crippen LogP contribution in [0.15, 0.2) is 70.8 Å². The Morgan fingerprint density at radius 1 is 0.979 bits per heavy atom. The van der Waals surface area contributed by atoms with Crippen LogP contribution in [0, 0.1) is 17.5 Å². The number of rotatable bonds is 16. The summed E-state index contributed by atoms with van der Waals surface area (Å²) in [5.41, 5.74) is 1.46. The highest BCUT2D eigenvalue weighted by Crippen LogP contribution is 2.39. The maximum atomic E-state index is 15.5. The van der Waals surface area contributed by atoms with Gasteiger partial charge in [-0.2, -0.15) is 0 Å². The van der Waals surface area contributed by atoms with Crippen molar-refractivity contribution >= 4 is 33.4 Å². The molecule has 13 heteroatoms. The Labute approximate surface area is 291 Å². The number of aromatic nitrogens is 2. The summed E-state index contributed by atoms with van der Waals surface area (Å²) >= 11 is 7.69. The molecule has 260 valence electrons. The first-order chi connectivity index (χ1) is 22.7. The quantitative estimate of drug-likeness (QED) is 0.0719. The first kappa shape index (κ1) is 37.8. The number of hydrogen-bond donors (Lipinski definition) is 1. The van der Waals surface area contributed by atoms with E-state index < -0.39 is 32.9 Å². The molecule has 3 aromatic carbocycles. The van der Waals surface area contributed by atoms with E-state index in [0.717, 1.165) is 42.3 Å². The molecule has 48 heavy (non-hydrogen) atoms. The van der Waals surface area contributed by atoms with E-state index in [4.69, 9.17) is 16.3 Å². The van der Waals surface area contributed by atoms with Crippen molar-refractivity contribution in [2.24, 2.45) is 0 Å². The van der Waals surface area contributed by atoms with Gasteiger partial charge in [0.25, 0.3) is 0 Å². The monoisotopic (exact) mass is 723 g/mol. The lowest BCUT2D eigenvalue weighted by molar-refractivity contribution is -0.923. The standard InChI is InChI=1S/C35H43ClF3N4O3S2/c1-7-43(8-2,9-3)18-10-17-41-48(44,45)27-20-29(36)28(31(39)21-27)23-47-34-40-22-33(42(34)26-14-12-25(37)13-15-26)35(4,5)24-11-16-30(38)32(19-24)46-6/h11-16,19-22,41H,7-10,17-18,23H2,1-6H3/q+1. The molecule has 0 fully saturated rings. The molecule has 1 heterocycles. The Morgan fingerprint density at radius 2 is 1.65 bits per heavy atom. The molecule has 1 N–H and O–H groups in total. The second-order valence-corrected chi connectivity index (χ2v) is 15.2. The van der Waals surface area contributed by atoms with E-state index in [0.29, 0.717) is 23.0 Å². The zero-order valence-corrected chi connectivity index (χ0v) is 30.5. The van der Waals surface area contributed by atoms with Gasteiger partial charge >= 0.3 is 0 Å². The summed E-state index contributed by atoms with van der Waals surface area (Å²) in [6, 6.07) is 12.8. The van der Waals surface area contributed by atoms with Crippen LogP contribution < -0.4 is 9.46 Å². The van der Waals surface area contributed by atoms with Crippen LogP contribution in [0.1, 0.15) is 57.9 Å². The first-order valence-electron chi connectivity index (χ1n) is 15.9. The third kappa shape index (κ3) is 8.22. The van der Waals surface area contributed by atoms with Crippen LogP contribution in [-0.4, -0.2) is 62.3 Å². The summed E-state index contributed by atoms with van der Waals surface area (Å²) in [4.78, 5) is 4.39. The predicted octanol–water partition coefficient (Wildman–Crippen LogP) is 8.11. The molecule has 0 atom stereocenters. The minimum atomic E-state index is -3.99. The molecule has 0 bridgehead atoms. The number of ether oxygens (including phenoxy) is 1. The van der Waals surface area contributed by atoms with Crippen molar-refractivity contribution in [3.8, 4) is 11.4 Å². The third-order valence-corrected chi connectivity index (χ3v) is 12.0. The van der Waals surface area contributed by atoms with Gasteiger partial charge in [0.05, 0.1) is 50.1 Å². The molecule has 0 aliphatic heterocycles. The Morgan fingerprint density at radius 3 is 2.25 bits per heavy atom. The van der Waals surface area contributed by atoms with Crippen molar-refractivity contribution in [1.29, 1.82) is 0 Å². The highest BCUT2D eigenvalue weighted by atomic mass is 35.5. The minimum Gasteiger partial charge on any atom is -0.494 e. The number of halogens is 4. The highest BCUT2D eigenvalue weighted by Gasteiger charge is 2.31. The Hall–Kier alpha value is -3.03. The van der Waals surface area contributed by atoms with Gasteiger partial charge in [0.2, 0.25) is 10.0 Å². The number of methoxy groups -OCH3 is 1. The Bertz CT molecular complexity index is 1800. The van der Waals surface area contributed by atoms with Crippen LogP contribution in [0.2, 0.25) is 5.02 Å². The van der Waals surface area contributed by atoms with E-state index in [-0.39, 0.29) is 33.5 Å². The lowest BCUT2D eigenvalue weighted by Crippen LogP contribution is -2.48. The highest BCUT2D eigenvalue weighted by molar-refractivity contribution is 7.98. The van der Waals surface area contributed by atoms with Crippen LogP contribution >= 0.6 is 23.4 Å². The average molecular weight is 724 g/mol. The zero-order valence-electron chi connectivity index (χ0n) is 28.1. The number of benzene rings is 3. The molecule has 0 spiro atoms. The predicted molar refractivity (Wildman–Crippen MR) is 186 cm³/mol. The van der Waals surface area contributed by atoms with Crippen molar-refractivity contribution in [2.75, 3.05) is 39.8 Å². The number of nitrogens with one attached hydrogen (secondary N) is 1. The fraction of sp³-hybridized carbons (Fsp3) is 0.400. The van der Waals surface area contributed by atoms with Gasteiger partial charge in [-0.05, 0) is 74.9 Å². The van der Waals surface area contributed by atoms with E-state index in [9.17, 15) is 17.2 Å². The molecular formula is C35H43ClF3N4O3S2+. The summed E-state index contributed by atoms with van der Waals surface area (Å²) < 4.78 is 80.3. The van der Waals surface area contributed by atoms with Crippen molar-refractivity contribution < 1.29 is 30.8 Å². The topological polar surface area (TPSA) is 73.2 Å². The molecule has 7 nitrogen and oxygen atoms in total. The number of thioether (sulfide) groups is 1. The van der Waals surface area contributed by atoms with Crippen LogP contribution in [0.4, 0.5) is 13.2 Å². The number of hydrogen-bond acceptors (Lipinski definition) is 5. The normalized spacial score (nSPS) is 12.5. The van der Waals surface area contributed by atoms with Gasteiger partial charge in [-0.15, -0.1) is 0 Å². The van der Waals surface area contributed by atoms with Crippen LogP contribution in [0.3, 0.4) is 0 Å². The van der Waals surface area contributed by atoms with Gasteiger partial charge in [-0.1, -0.05) is 43.3 Å². The lowest BCUT2D eigenvalue weighted by Gasteiger charge is -2.35. The van der Waals surface area contributed by atoms with Crippen LogP contribution in [-0.2, 0) is 21.2 Å². The van der Waals surface area contributed by atoms with Gasteiger partial charge in [0.15, 0.2) is 16.7 Å². The van der Waals surface area contributed by atoms with E-state index in [1.54, 1.807) is 30.5 Å². The molecule has 0 amide bonds. The maximum absolute atomic E-state index is 15.5. The maximum Gasteiger partial charge on any atom is 0.240 e. The molecule has 1 aromatic heterocycles. The first-order valence-corrected chi connectivity index (χ1v) is 18.7. The molecule has 0 saturated carbocycles. The van der Waals surface area contributed by atoms with Crippen LogP contribution in [0.5, 0.6) is 5.75 Å². The van der Waals surface area contributed by atoms with Gasteiger partial charge in [0, 0.05) is 40.4 Å². The average Bonchev–Trinajstić information content (AvgIpc) is 3.50. The number of nitrogens with zero attached hydrogens (tertiary/aromatic N) is 3. The molecule has 4 rings (SSSR count). The van der Waals surface area contributed by atoms with Gasteiger partial charge in [-0.3, -0.25) is 4.57 Å². The minimum absolute atomic E-state index is 0.0274. The van der Waals surface area contributed by atoms with Crippen molar-refractivity contribution in [1.82, 2.24) is 14.3 Å². The summed E-state index contributed by atoms with van der Waals surface area (Å²) in [7, 11) is -2.59. The zero-order chi connectivity index (χ0) is 35.3. The van der Waals surface area contributed by atoms with Crippen LogP contribution in [0.25, 0.3) is 5.69 Å². The summed E-state index contributed by atoms with van der Waals surface area (Å²) in [5, 5.41) is 0.439. The molecule has 0 aliphatic rings. The van der Waals surface area contributed by atoms with Crippen molar-refractivity contribution in [3.05, 3.63) is 100 Å². The van der Waals surface area contributed by atoms with Gasteiger partial charge in [0.1, 0.15) is 11.6 Å². The fourth-order valence-electron chi connectivity index (χ4n) is 5.77. The summed E-state index contributed by atoms with van der Waals surface area (Å²) in [6.07, 6.45) is 2.32. The summed E-state index contributed by atoms with van der Waals surface area (Å²) in [6.45, 7) is 14.2. The molecule has 0 unspecified atom stereocenters. The second kappa shape index (κ2) is 15.7. The second-order valence-electron chi connectivity index (χ2n) is 12.1. The lowest BCUT2D eigenvalue weighted by atomic mass is 9.81. The van der Waals surface area contributed by atoms with Crippen molar-refractivity contribution in [2.45, 2.75) is 62.3 Å². The summed E-state index contributed by atoms with van der Waals surface area (Å²) in [5.74, 6) is -1.53. The number of quaternary nitrogens is 1. The number of imidazole rings is 1. The van der Waals surface area contributed by atoms with E-state index in [1.165, 1.54) is 43.1 Å². The van der Waals surface area contributed by atoms with E-state index in [2.05, 4.69) is 30.5 Å². The molecule has 0 radical (unpaired) electrons. The molecular weight excluding hydrogens is 681 g/mol. The van der Waals surface area contributed by atoms with Gasteiger partial charge in [-0.25, -0.2) is 31.3 Å². The molecule has 4 aromatic rings. The van der Waals surface area contributed by atoms with E-state index in [1.807, 2.05) is 18.4 Å². The Kier molecular flexibility index (Phi) is 12.3. The molecule has 0 aliphatic carbocycles. The fourth-order valence-corrected chi connectivity index (χ4v) is 8.33. The largest absolute Gasteiger partial charge is 0.494 e. The van der Waals surface area contributed by atoms with Gasteiger partial charge < -0.3 is 9.22 Å². The smallest absolute Gasteiger partial charge is 0.240 e. The third-order valence-electron chi connectivity index (χ3n) is 9.21. The van der Waals surface area contributed by atoms with E-state index >= 15 is 4.39 Å². The van der Waals surface area contributed by atoms with Crippen molar-refractivity contribution in [3.63, 3.8) is 0 Å². The molecule has 0 saturated heterocycles. The number of sulfonamides is 1.